The smallest absolute Gasteiger partial charge is 0.223 e. The number of carbonyl (C=O) groups excluding carboxylic acids is 1. The molecule has 0 spiro atoms. The molecule has 1 amide bonds. The van der Waals surface area contributed by atoms with E-state index >= 15 is 0 Å². The second-order valence-electron chi connectivity index (χ2n) is 8.03. The number of hydrogen-bond donors (Lipinski definition) is 1. The van der Waals surface area contributed by atoms with Crippen LogP contribution >= 0.6 is 11.3 Å². The minimum atomic E-state index is -3.36. The number of nitrogens with one attached hydrogen (secondary N) is 1. The summed E-state index contributed by atoms with van der Waals surface area (Å²) in [6.45, 7) is 0.801. The van der Waals surface area contributed by atoms with Crippen LogP contribution in [0.4, 0.5) is 0 Å². The summed E-state index contributed by atoms with van der Waals surface area (Å²) in [6, 6.07) is 9.24. The second kappa shape index (κ2) is 8.53. The van der Waals surface area contributed by atoms with Crippen molar-refractivity contribution in [2.75, 3.05) is 13.1 Å². The van der Waals surface area contributed by atoms with Gasteiger partial charge < -0.3 is 5.32 Å². The lowest BCUT2D eigenvalue weighted by Gasteiger charge is -2.34. The van der Waals surface area contributed by atoms with Crippen molar-refractivity contribution in [3.63, 3.8) is 0 Å². The first kappa shape index (κ1) is 20.5. The number of sulfonamides is 1. The zero-order chi connectivity index (χ0) is 20.3. The third-order valence-corrected chi connectivity index (χ3v) is 8.90. The predicted octanol–water partition coefficient (Wildman–Crippen LogP) is 3.27. The topological polar surface area (TPSA) is 79.4 Å². The van der Waals surface area contributed by atoms with Gasteiger partial charge in [-0.3, -0.25) is 4.79 Å². The summed E-state index contributed by atoms with van der Waals surface area (Å²) in [5.41, 5.74) is 0.459. The lowest BCUT2D eigenvalue weighted by molar-refractivity contribution is -0.128. The average molecular weight is 434 g/mol. The van der Waals surface area contributed by atoms with Gasteiger partial charge in [-0.2, -0.15) is 0 Å². The highest BCUT2D eigenvalue weighted by molar-refractivity contribution is 7.88. The van der Waals surface area contributed by atoms with E-state index in [1.807, 2.05) is 35.7 Å². The van der Waals surface area contributed by atoms with Crippen LogP contribution in [0.5, 0.6) is 0 Å². The quantitative estimate of drug-likeness (QED) is 0.758. The maximum atomic E-state index is 13.0. The van der Waals surface area contributed by atoms with Gasteiger partial charge in [-0.05, 0) is 31.2 Å². The predicted molar refractivity (Wildman–Crippen MR) is 114 cm³/mol. The Bertz CT molecular complexity index is 915. The van der Waals surface area contributed by atoms with Crippen molar-refractivity contribution in [3.8, 4) is 0 Å². The Morgan fingerprint density at radius 1 is 1.17 bits per heavy atom. The highest BCUT2D eigenvalue weighted by Crippen LogP contribution is 2.40. The maximum Gasteiger partial charge on any atom is 0.223 e. The van der Waals surface area contributed by atoms with Gasteiger partial charge in [0, 0.05) is 30.6 Å². The van der Waals surface area contributed by atoms with Crippen LogP contribution in [-0.4, -0.2) is 36.7 Å². The van der Waals surface area contributed by atoms with Crippen molar-refractivity contribution < 1.29 is 13.2 Å². The number of piperidine rings is 1. The number of hydrogen-bond acceptors (Lipinski definition) is 5. The Labute approximate surface area is 176 Å². The monoisotopic (exact) mass is 433 g/mol. The van der Waals surface area contributed by atoms with E-state index in [2.05, 4.69) is 10.3 Å². The lowest BCUT2D eigenvalue weighted by atomic mass is 9.93. The third-order valence-electron chi connectivity index (χ3n) is 6.07. The molecule has 156 valence electrons. The van der Waals surface area contributed by atoms with Gasteiger partial charge in [0.15, 0.2) is 0 Å². The molecule has 29 heavy (non-hydrogen) atoms. The molecule has 1 N–H and O–H groups in total. The summed E-state index contributed by atoms with van der Waals surface area (Å²) in [5, 5.41) is 6.25. The molecule has 2 heterocycles. The van der Waals surface area contributed by atoms with Gasteiger partial charge in [-0.1, -0.05) is 43.2 Å². The van der Waals surface area contributed by atoms with Crippen LogP contribution < -0.4 is 5.32 Å². The Morgan fingerprint density at radius 3 is 2.48 bits per heavy atom. The van der Waals surface area contributed by atoms with Gasteiger partial charge in [0.05, 0.1) is 11.3 Å². The molecule has 0 unspecified atom stereocenters. The van der Waals surface area contributed by atoms with E-state index < -0.39 is 10.0 Å². The number of aromatic nitrogens is 1. The molecule has 0 bridgehead atoms. The van der Waals surface area contributed by atoms with E-state index in [0.29, 0.717) is 25.9 Å². The fraction of sp³-hybridized carbons (Fsp3) is 0.524. The maximum absolute atomic E-state index is 13.0. The minimum Gasteiger partial charge on any atom is -0.344 e. The van der Waals surface area contributed by atoms with Crippen LogP contribution in [0.1, 0.15) is 49.1 Å². The Hall–Kier alpha value is -1.77. The van der Waals surface area contributed by atoms with E-state index in [1.54, 1.807) is 17.5 Å². The number of benzene rings is 1. The molecule has 1 saturated carbocycles. The highest BCUT2D eigenvalue weighted by atomic mass is 32.2. The van der Waals surface area contributed by atoms with Crippen molar-refractivity contribution in [1.82, 2.24) is 14.6 Å². The van der Waals surface area contributed by atoms with E-state index in [4.69, 9.17) is 0 Å². The summed E-state index contributed by atoms with van der Waals surface area (Å²) in [6.07, 6.45) is 6.96. The van der Waals surface area contributed by atoms with Crippen molar-refractivity contribution in [3.05, 3.63) is 52.5 Å². The van der Waals surface area contributed by atoms with Crippen LogP contribution in [0.25, 0.3) is 0 Å². The van der Waals surface area contributed by atoms with Gasteiger partial charge in [0.25, 0.3) is 0 Å². The molecule has 1 aromatic heterocycles. The standard InChI is InChI=1S/C21H27N3O3S2/c25-19(23-21(10-4-5-11-21)20-22-12-15-28-20)18-8-13-24(14-9-18)29(26,27)16-17-6-2-1-3-7-17/h1-3,6-7,12,15,18H,4-5,8-11,13-14,16H2,(H,23,25). The first-order valence-electron chi connectivity index (χ1n) is 10.2. The van der Waals surface area contributed by atoms with E-state index in [9.17, 15) is 13.2 Å². The van der Waals surface area contributed by atoms with Gasteiger partial charge in [-0.15, -0.1) is 11.3 Å². The minimum absolute atomic E-state index is 0.0118. The fourth-order valence-electron chi connectivity index (χ4n) is 4.44. The van der Waals surface area contributed by atoms with Crippen LogP contribution in [-0.2, 0) is 26.1 Å². The number of amides is 1. The fourth-order valence-corrected chi connectivity index (χ4v) is 6.86. The molecule has 1 saturated heterocycles. The molecule has 2 aliphatic rings. The molecular weight excluding hydrogens is 406 g/mol. The molecule has 1 aliphatic heterocycles. The molecule has 4 rings (SSSR count). The molecule has 6 nitrogen and oxygen atoms in total. The van der Waals surface area contributed by atoms with Gasteiger partial charge in [-0.25, -0.2) is 17.7 Å². The first-order valence-corrected chi connectivity index (χ1v) is 12.7. The van der Waals surface area contributed by atoms with Gasteiger partial charge >= 0.3 is 0 Å². The SMILES string of the molecule is O=C(NC1(c2nccs2)CCCC1)C1CCN(S(=O)(=O)Cc2ccccc2)CC1. The van der Waals surface area contributed by atoms with Crippen LogP contribution in [0.15, 0.2) is 41.9 Å². The Kier molecular flexibility index (Phi) is 6.03. The summed E-state index contributed by atoms with van der Waals surface area (Å²) < 4.78 is 27.0. The van der Waals surface area contributed by atoms with Crippen LogP contribution in [0.3, 0.4) is 0 Å². The van der Waals surface area contributed by atoms with Crippen molar-refractivity contribution in [1.29, 1.82) is 0 Å². The number of carbonyl (C=O) groups is 1. The summed E-state index contributed by atoms with van der Waals surface area (Å²) in [7, 11) is -3.36. The number of nitrogens with zero attached hydrogens (tertiary/aromatic N) is 2. The third kappa shape index (κ3) is 4.54. The second-order valence-corrected chi connectivity index (χ2v) is 10.9. The molecular formula is C21H27N3O3S2. The van der Waals surface area contributed by atoms with E-state index in [1.165, 1.54) is 4.31 Å². The highest BCUT2D eigenvalue weighted by Gasteiger charge is 2.41. The molecule has 8 heteroatoms. The largest absolute Gasteiger partial charge is 0.344 e. The molecule has 1 aliphatic carbocycles. The summed E-state index contributed by atoms with van der Waals surface area (Å²) >= 11 is 1.60. The molecule has 0 radical (unpaired) electrons. The first-order chi connectivity index (χ1) is 14.0. The van der Waals surface area contributed by atoms with Crippen molar-refractivity contribution >= 4 is 27.3 Å². The number of rotatable bonds is 6. The van der Waals surface area contributed by atoms with E-state index in [-0.39, 0.29) is 23.1 Å². The Balaban J connectivity index is 1.36. The van der Waals surface area contributed by atoms with Crippen molar-refractivity contribution in [2.45, 2.75) is 49.8 Å². The number of thiazole rings is 1. The van der Waals surface area contributed by atoms with Crippen LogP contribution in [0, 0.1) is 5.92 Å². The molecule has 2 aromatic rings. The summed E-state index contributed by atoms with van der Waals surface area (Å²) in [4.78, 5) is 17.5. The van der Waals surface area contributed by atoms with Crippen molar-refractivity contribution in [2.24, 2.45) is 5.92 Å². The lowest BCUT2D eigenvalue weighted by Crippen LogP contribution is -2.49. The zero-order valence-electron chi connectivity index (χ0n) is 16.4. The van der Waals surface area contributed by atoms with Gasteiger partial charge in [0.2, 0.25) is 15.9 Å². The molecule has 1 aromatic carbocycles. The van der Waals surface area contributed by atoms with E-state index in [0.717, 1.165) is 36.3 Å². The summed E-state index contributed by atoms with van der Waals surface area (Å²) in [5.74, 6) is -0.0875. The molecule has 0 atom stereocenters. The van der Waals surface area contributed by atoms with Crippen LogP contribution in [0.2, 0.25) is 0 Å². The normalized spacial score (nSPS) is 20.6. The van der Waals surface area contributed by atoms with Gasteiger partial charge in [0.1, 0.15) is 5.01 Å². The average Bonchev–Trinajstić information content (AvgIpc) is 3.41. The Morgan fingerprint density at radius 2 is 1.86 bits per heavy atom. The zero-order valence-corrected chi connectivity index (χ0v) is 18.1. The molecule has 2 fully saturated rings.